The van der Waals surface area contributed by atoms with Crippen LogP contribution in [0.3, 0.4) is 0 Å². The smallest absolute Gasteiger partial charge is 0.291 e. The van der Waals surface area contributed by atoms with Crippen molar-refractivity contribution in [2.45, 2.75) is 37.9 Å². The number of oxazole rings is 1. The van der Waals surface area contributed by atoms with Crippen LogP contribution >= 0.6 is 0 Å². The van der Waals surface area contributed by atoms with Gasteiger partial charge in [0.2, 0.25) is 11.6 Å². The zero-order chi connectivity index (χ0) is 17.3. The van der Waals surface area contributed by atoms with Crippen LogP contribution in [0.15, 0.2) is 35.2 Å². The first kappa shape index (κ1) is 16.1. The maximum atomic E-state index is 12.7. The van der Waals surface area contributed by atoms with Crippen molar-refractivity contribution in [3.05, 3.63) is 42.2 Å². The molecule has 1 spiro atoms. The van der Waals surface area contributed by atoms with E-state index >= 15 is 0 Å². The van der Waals surface area contributed by atoms with E-state index in [4.69, 9.17) is 13.9 Å². The monoisotopic (exact) mass is 343 g/mol. The average molecular weight is 343 g/mol. The van der Waals surface area contributed by atoms with Crippen molar-refractivity contribution in [1.29, 1.82) is 0 Å². The summed E-state index contributed by atoms with van der Waals surface area (Å²) in [5.74, 6) is 0.803. The minimum atomic E-state index is -0.346. The highest BCUT2D eigenvalue weighted by atomic mass is 16.6. The number of aromatic nitrogens is 2. The van der Waals surface area contributed by atoms with Crippen LogP contribution in [0.25, 0.3) is 0 Å². The summed E-state index contributed by atoms with van der Waals surface area (Å²) in [5, 5.41) is 0. The maximum Gasteiger partial charge on any atom is 0.291 e. The standard InChI is InChI=1S/C18H21N3O4/c1-13-16(23-12-20-13)17(22)21-8-4-6-18(11-21)9-14(10-24-18)25-15-5-2-3-7-19-15/h2-3,5,7,12,14H,4,6,8-11H2,1H3/t14-,18-/m0/s1. The van der Waals surface area contributed by atoms with Crippen molar-refractivity contribution in [2.24, 2.45) is 0 Å². The predicted molar refractivity (Wildman–Crippen MR) is 88.3 cm³/mol. The number of rotatable bonds is 3. The molecule has 0 bridgehead atoms. The third-order valence-electron chi connectivity index (χ3n) is 4.87. The van der Waals surface area contributed by atoms with Crippen molar-refractivity contribution < 1.29 is 18.7 Å². The van der Waals surface area contributed by atoms with Crippen LogP contribution < -0.4 is 4.74 Å². The van der Waals surface area contributed by atoms with Gasteiger partial charge in [-0.05, 0) is 25.8 Å². The van der Waals surface area contributed by atoms with Gasteiger partial charge in [0, 0.05) is 25.2 Å². The molecule has 2 atom stereocenters. The Morgan fingerprint density at radius 2 is 2.32 bits per heavy atom. The summed E-state index contributed by atoms with van der Waals surface area (Å²) < 4.78 is 17.3. The third-order valence-corrected chi connectivity index (χ3v) is 4.87. The molecule has 0 unspecified atom stereocenters. The van der Waals surface area contributed by atoms with E-state index in [2.05, 4.69) is 9.97 Å². The number of amides is 1. The van der Waals surface area contributed by atoms with Crippen molar-refractivity contribution in [1.82, 2.24) is 14.9 Å². The SMILES string of the molecule is Cc1ncoc1C(=O)N1CCC[C@]2(C[C@H](Oc3ccccn3)CO2)C1. The fourth-order valence-electron chi connectivity index (χ4n) is 3.67. The Kier molecular flexibility index (Phi) is 4.17. The lowest BCUT2D eigenvalue weighted by atomic mass is 9.89. The lowest BCUT2D eigenvalue weighted by Crippen LogP contribution is -2.50. The Balaban J connectivity index is 1.42. The molecule has 132 valence electrons. The van der Waals surface area contributed by atoms with Gasteiger partial charge in [-0.3, -0.25) is 4.79 Å². The molecule has 2 aliphatic heterocycles. The topological polar surface area (TPSA) is 77.7 Å². The molecule has 7 nitrogen and oxygen atoms in total. The summed E-state index contributed by atoms with van der Waals surface area (Å²) in [6.45, 7) is 3.54. The molecule has 2 aromatic heterocycles. The first-order valence-electron chi connectivity index (χ1n) is 8.56. The zero-order valence-electron chi connectivity index (χ0n) is 14.2. The van der Waals surface area contributed by atoms with Gasteiger partial charge in [0.1, 0.15) is 6.10 Å². The molecule has 0 saturated carbocycles. The maximum absolute atomic E-state index is 12.7. The Morgan fingerprint density at radius 3 is 3.08 bits per heavy atom. The highest BCUT2D eigenvalue weighted by Crippen LogP contribution is 2.36. The molecule has 2 fully saturated rings. The number of likely N-dealkylation sites (tertiary alicyclic amines) is 1. The molecule has 2 saturated heterocycles. The van der Waals surface area contributed by atoms with Gasteiger partial charge in [-0.2, -0.15) is 0 Å². The van der Waals surface area contributed by atoms with Crippen LogP contribution in [0.5, 0.6) is 5.88 Å². The quantitative estimate of drug-likeness (QED) is 0.850. The molecule has 2 aliphatic rings. The van der Waals surface area contributed by atoms with Crippen LogP contribution in [0.2, 0.25) is 0 Å². The normalized spacial score (nSPS) is 26.1. The van der Waals surface area contributed by atoms with Gasteiger partial charge in [-0.25, -0.2) is 9.97 Å². The van der Waals surface area contributed by atoms with E-state index in [1.54, 1.807) is 18.0 Å². The molecule has 0 radical (unpaired) electrons. The zero-order valence-corrected chi connectivity index (χ0v) is 14.2. The fraction of sp³-hybridized carbons (Fsp3) is 0.500. The Bertz CT molecular complexity index is 748. The Hall–Kier alpha value is -2.41. The van der Waals surface area contributed by atoms with Gasteiger partial charge in [-0.1, -0.05) is 6.07 Å². The molecule has 0 aromatic carbocycles. The molecule has 0 N–H and O–H groups in total. The van der Waals surface area contributed by atoms with E-state index in [0.717, 1.165) is 19.3 Å². The van der Waals surface area contributed by atoms with Crippen molar-refractivity contribution >= 4 is 5.91 Å². The van der Waals surface area contributed by atoms with E-state index in [1.807, 2.05) is 18.2 Å². The van der Waals surface area contributed by atoms with E-state index in [0.29, 0.717) is 37.0 Å². The second kappa shape index (κ2) is 6.48. The minimum absolute atomic E-state index is 0.0445. The first-order chi connectivity index (χ1) is 12.2. The number of piperidine rings is 1. The summed E-state index contributed by atoms with van der Waals surface area (Å²) in [4.78, 5) is 22.7. The molecular formula is C18H21N3O4. The van der Waals surface area contributed by atoms with E-state index in [-0.39, 0.29) is 17.6 Å². The van der Waals surface area contributed by atoms with Crippen LogP contribution in [0.1, 0.15) is 35.5 Å². The first-order valence-corrected chi connectivity index (χ1v) is 8.56. The van der Waals surface area contributed by atoms with E-state index in [9.17, 15) is 4.79 Å². The molecular weight excluding hydrogens is 322 g/mol. The van der Waals surface area contributed by atoms with Gasteiger partial charge < -0.3 is 18.8 Å². The molecule has 4 heterocycles. The summed E-state index contributed by atoms with van der Waals surface area (Å²) >= 11 is 0. The van der Waals surface area contributed by atoms with E-state index < -0.39 is 0 Å². The molecule has 2 aromatic rings. The minimum Gasteiger partial charge on any atom is -0.472 e. The number of carbonyl (C=O) groups excluding carboxylic acids is 1. The Morgan fingerprint density at radius 1 is 1.40 bits per heavy atom. The molecule has 25 heavy (non-hydrogen) atoms. The number of hydrogen-bond donors (Lipinski definition) is 0. The number of nitrogens with zero attached hydrogens (tertiary/aromatic N) is 3. The van der Waals surface area contributed by atoms with Crippen LogP contribution in [-0.4, -0.2) is 52.2 Å². The fourth-order valence-corrected chi connectivity index (χ4v) is 3.67. The number of ether oxygens (including phenoxy) is 2. The van der Waals surface area contributed by atoms with E-state index in [1.165, 1.54) is 6.39 Å². The van der Waals surface area contributed by atoms with Gasteiger partial charge in [0.25, 0.3) is 5.91 Å². The summed E-state index contributed by atoms with van der Waals surface area (Å²) in [5.41, 5.74) is 0.273. The van der Waals surface area contributed by atoms with Crippen LogP contribution in [-0.2, 0) is 4.74 Å². The van der Waals surface area contributed by atoms with Crippen molar-refractivity contribution in [3.63, 3.8) is 0 Å². The summed E-state index contributed by atoms with van der Waals surface area (Å²) in [6, 6.07) is 5.60. The van der Waals surface area contributed by atoms with Gasteiger partial charge in [0.15, 0.2) is 6.39 Å². The number of pyridine rings is 1. The van der Waals surface area contributed by atoms with Crippen molar-refractivity contribution in [2.75, 3.05) is 19.7 Å². The second-order valence-electron chi connectivity index (χ2n) is 6.70. The highest BCUT2D eigenvalue weighted by molar-refractivity contribution is 5.92. The number of hydrogen-bond acceptors (Lipinski definition) is 6. The highest BCUT2D eigenvalue weighted by Gasteiger charge is 2.46. The Labute approximate surface area is 146 Å². The second-order valence-corrected chi connectivity index (χ2v) is 6.70. The van der Waals surface area contributed by atoms with Gasteiger partial charge in [0.05, 0.1) is 24.4 Å². The predicted octanol–water partition coefficient (Wildman–Crippen LogP) is 2.22. The molecule has 0 aliphatic carbocycles. The van der Waals surface area contributed by atoms with Gasteiger partial charge >= 0.3 is 0 Å². The third kappa shape index (κ3) is 3.24. The largest absolute Gasteiger partial charge is 0.472 e. The lowest BCUT2D eigenvalue weighted by molar-refractivity contribution is -0.0459. The van der Waals surface area contributed by atoms with Crippen LogP contribution in [0.4, 0.5) is 0 Å². The van der Waals surface area contributed by atoms with Gasteiger partial charge in [-0.15, -0.1) is 0 Å². The summed E-state index contributed by atoms with van der Waals surface area (Å²) in [7, 11) is 0. The molecule has 1 amide bonds. The summed E-state index contributed by atoms with van der Waals surface area (Å²) in [6.07, 6.45) is 5.55. The average Bonchev–Trinajstić information content (AvgIpc) is 3.22. The number of carbonyl (C=O) groups is 1. The van der Waals surface area contributed by atoms with Crippen molar-refractivity contribution in [3.8, 4) is 5.88 Å². The lowest BCUT2D eigenvalue weighted by Gasteiger charge is -2.39. The molecule has 7 heteroatoms. The van der Waals surface area contributed by atoms with Crippen LogP contribution in [0, 0.1) is 6.92 Å². The number of aryl methyl sites for hydroxylation is 1. The molecule has 4 rings (SSSR count).